The van der Waals surface area contributed by atoms with Gasteiger partial charge >= 0.3 is 7.60 Å². The zero-order valence-electron chi connectivity index (χ0n) is 17.2. The first-order valence-corrected chi connectivity index (χ1v) is 11.1. The van der Waals surface area contributed by atoms with Gasteiger partial charge in [0.2, 0.25) is 11.7 Å². The average Bonchev–Trinajstić information content (AvgIpc) is 3.35. The van der Waals surface area contributed by atoms with Crippen LogP contribution in [0.1, 0.15) is 36.6 Å². The van der Waals surface area contributed by atoms with Gasteiger partial charge in [0.15, 0.2) is 17.7 Å². The fraction of sp³-hybridized carbons (Fsp3) is 0.562. The van der Waals surface area contributed by atoms with Gasteiger partial charge in [-0.25, -0.2) is 15.0 Å². The van der Waals surface area contributed by atoms with E-state index in [0.29, 0.717) is 11.3 Å². The van der Waals surface area contributed by atoms with Crippen LogP contribution in [-0.4, -0.2) is 74.1 Å². The maximum atomic E-state index is 11.9. The number of aryl methyl sites for hydroxylation is 2. The van der Waals surface area contributed by atoms with Crippen molar-refractivity contribution in [2.75, 3.05) is 12.3 Å². The molecule has 1 unspecified atom stereocenters. The van der Waals surface area contributed by atoms with Gasteiger partial charge in [-0.3, -0.25) is 9.13 Å². The minimum Gasteiger partial charge on any atom is -0.422 e. The van der Waals surface area contributed by atoms with Gasteiger partial charge in [0, 0.05) is 6.92 Å². The van der Waals surface area contributed by atoms with E-state index < -0.39 is 50.0 Å². The molecule has 1 aliphatic heterocycles. The van der Waals surface area contributed by atoms with E-state index in [0.717, 1.165) is 0 Å². The predicted molar refractivity (Wildman–Crippen MR) is 105 cm³/mol. The largest absolute Gasteiger partial charge is 0.422 e. The highest BCUT2D eigenvalue weighted by Gasteiger charge is 2.53. The zero-order chi connectivity index (χ0) is 23.4. The lowest BCUT2D eigenvalue weighted by Gasteiger charge is -2.29. The van der Waals surface area contributed by atoms with Crippen LogP contribution in [0.15, 0.2) is 10.7 Å². The molecule has 174 valence electrons. The van der Waals surface area contributed by atoms with Gasteiger partial charge in [0.05, 0.1) is 12.9 Å². The van der Waals surface area contributed by atoms with E-state index >= 15 is 0 Å². The number of rotatable bonds is 6. The molecule has 0 aromatic carbocycles. The highest BCUT2D eigenvalue weighted by molar-refractivity contribution is 7.51. The highest BCUT2D eigenvalue weighted by atomic mass is 31.2. The Morgan fingerprint density at radius 1 is 1.31 bits per heavy atom. The normalized spacial score (nSPS) is 27.3. The molecule has 0 spiro atoms. The summed E-state index contributed by atoms with van der Waals surface area (Å²) in [6.45, 7) is 3.98. The SMILES string of the molecule is Cc1nc(N)c2ncn([C@@H]3O[C@](C)(COC(c4nnc(C)o4)P(=O)(O)O)[C@@H](O)[C@H]3O)c2n1. The minimum absolute atomic E-state index is 0.0874. The number of hydrogen-bond donors (Lipinski definition) is 5. The summed E-state index contributed by atoms with van der Waals surface area (Å²) in [6.07, 6.45) is -2.75. The number of nitrogens with zero attached hydrogens (tertiary/aromatic N) is 6. The average molecular weight is 471 g/mol. The fourth-order valence-electron chi connectivity index (χ4n) is 3.48. The van der Waals surface area contributed by atoms with Crippen molar-refractivity contribution in [3.05, 3.63) is 23.9 Å². The van der Waals surface area contributed by atoms with Gasteiger partial charge in [-0.15, -0.1) is 10.2 Å². The van der Waals surface area contributed by atoms with Crippen LogP contribution < -0.4 is 5.73 Å². The van der Waals surface area contributed by atoms with Gasteiger partial charge in [-0.2, -0.15) is 0 Å². The fourth-order valence-corrected chi connectivity index (χ4v) is 4.14. The van der Waals surface area contributed by atoms with E-state index in [1.54, 1.807) is 6.92 Å². The van der Waals surface area contributed by atoms with Crippen LogP contribution in [0.2, 0.25) is 0 Å². The molecule has 1 saturated heterocycles. The first kappa shape index (κ1) is 22.7. The lowest BCUT2D eigenvalue weighted by molar-refractivity contribution is -0.136. The Labute approximate surface area is 180 Å². The van der Waals surface area contributed by atoms with E-state index in [4.69, 9.17) is 19.6 Å². The molecule has 32 heavy (non-hydrogen) atoms. The van der Waals surface area contributed by atoms with Gasteiger partial charge in [-0.1, -0.05) is 0 Å². The topological polar surface area (TPSA) is 225 Å². The number of hydrogen-bond acceptors (Lipinski definition) is 12. The Kier molecular flexibility index (Phi) is 5.53. The van der Waals surface area contributed by atoms with Gasteiger partial charge in [0.1, 0.15) is 29.2 Å². The van der Waals surface area contributed by atoms with Crippen LogP contribution in [0.5, 0.6) is 0 Å². The van der Waals surface area contributed by atoms with Crippen molar-refractivity contribution >= 4 is 24.6 Å². The first-order valence-electron chi connectivity index (χ1n) is 9.38. The lowest BCUT2D eigenvalue weighted by Crippen LogP contribution is -2.44. The molecule has 16 heteroatoms. The zero-order valence-corrected chi connectivity index (χ0v) is 18.1. The number of aliphatic hydroxyl groups is 2. The third-order valence-electron chi connectivity index (χ3n) is 5.05. The number of ether oxygens (including phenoxy) is 2. The molecule has 0 aliphatic carbocycles. The summed E-state index contributed by atoms with van der Waals surface area (Å²) in [7, 11) is -4.88. The number of imidazole rings is 1. The van der Waals surface area contributed by atoms with Crippen LogP contribution in [0.3, 0.4) is 0 Å². The summed E-state index contributed by atoms with van der Waals surface area (Å²) in [6, 6.07) is 0. The number of anilines is 1. The highest BCUT2D eigenvalue weighted by Crippen LogP contribution is 2.53. The third-order valence-corrected chi connectivity index (χ3v) is 6.03. The van der Waals surface area contributed by atoms with E-state index in [1.807, 2.05) is 0 Å². The molecule has 3 aromatic heterocycles. The molecule has 0 bridgehead atoms. The first-order chi connectivity index (χ1) is 14.9. The van der Waals surface area contributed by atoms with Crippen LogP contribution in [0.4, 0.5) is 5.82 Å². The van der Waals surface area contributed by atoms with Crippen molar-refractivity contribution in [3.63, 3.8) is 0 Å². The molecule has 4 rings (SSSR count). The van der Waals surface area contributed by atoms with Crippen molar-refractivity contribution < 1.29 is 38.5 Å². The maximum Gasteiger partial charge on any atom is 0.363 e. The number of aliphatic hydroxyl groups excluding tert-OH is 2. The number of nitrogens with two attached hydrogens (primary N) is 1. The second-order valence-corrected chi connectivity index (χ2v) is 9.30. The quantitative estimate of drug-likeness (QED) is 0.281. The van der Waals surface area contributed by atoms with E-state index in [9.17, 15) is 24.6 Å². The third kappa shape index (κ3) is 3.88. The molecule has 3 aromatic rings. The number of nitrogen functional groups attached to an aromatic ring is 1. The smallest absolute Gasteiger partial charge is 0.363 e. The van der Waals surface area contributed by atoms with Crippen LogP contribution in [-0.2, 0) is 14.0 Å². The number of aromatic nitrogens is 6. The number of fused-ring (bicyclic) bond motifs is 1. The lowest BCUT2D eigenvalue weighted by atomic mass is 9.98. The van der Waals surface area contributed by atoms with Gasteiger partial charge in [0.25, 0.3) is 5.89 Å². The Morgan fingerprint density at radius 3 is 2.66 bits per heavy atom. The Balaban J connectivity index is 1.60. The van der Waals surface area contributed by atoms with Crippen molar-refractivity contribution in [1.82, 2.24) is 29.7 Å². The molecular formula is C16H22N7O8P. The van der Waals surface area contributed by atoms with Crippen molar-refractivity contribution in [2.45, 2.75) is 50.7 Å². The second-order valence-electron chi connectivity index (χ2n) is 7.65. The molecule has 1 aliphatic rings. The summed E-state index contributed by atoms with van der Waals surface area (Å²) in [5.41, 5.74) is 4.87. The Morgan fingerprint density at radius 2 is 2.03 bits per heavy atom. The Hall–Kier alpha value is -2.52. The molecule has 0 amide bonds. The van der Waals surface area contributed by atoms with E-state index in [1.165, 1.54) is 24.7 Å². The molecule has 1 fully saturated rings. The standard InChI is InChI=1S/C16H22N7O8P/c1-6-19-11(17)8-12(20-6)23(5-18-8)14-9(24)10(25)16(3,31-14)4-29-15(32(26,27)28)13-22-21-7(2)30-13/h5,9-10,14-15,24-25H,4H2,1-3H3,(H2,17,19,20)(H2,26,27,28)/t9-,10+,14-,15?,16-/m1/s1. The van der Waals surface area contributed by atoms with Crippen molar-refractivity contribution in [1.29, 1.82) is 0 Å². The molecule has 4 heterocycles. The monoisotopic (exact) mass is 471 g/mol. The summed E-state index contributed by atoms with van der Waals surface area (Å²) in [4.78, 5) is 31.8. The second kappa shape index (κ2) is 7.81. The maximum absolute atomic E-state index is 11.9. The molecular weight excluding hydrogens is 449 g/mol. The summed E-state index contributed by atoms with van der Waals surface area (Å²) >= 11 is 0. The van der Waals surface area contributed by atoms with Gasteiger partial charge < -0.3 is 39.6 Å². The molecule has 0 radical (unpaired) electrons. The van der Waals surface area contributed by atoms with E-state index in [2.05, 4.69) is 25.1 Å². The predicted octanol–water partition coefficient (Wildman–Crippen LogP) is -0.689. The van der Waals surface area contributed by atoms with Crippen LogP contribution in [0, 0.1) is 13.8 Å². The molecule has 6 N–H and O–H groups in total. The van der Waals surface area contributed by atoms with Crippen molar-refractivity contribution in [3.8, 4) is 0 Å². The van der Waals surface area contributed by atoms with Crippen molar-refractivity contribution in [2.24, 2.45) is 0 Å². The van der Waals surface area contributed by atoms with Gasteiger partial charge in [-0.05, 0) is 13.8 Å². The summed E-state index contributed by atoms with van der Waals surface area (Å²) in [5, 5.41) is 28.5. The van der Waals surface area contributed by atoms with E-state index in [-0.39, 0.29) is 17.4 Å². The van der Waals surface area contributed by atoms with Crippen LogP contribution in [0.25, 0.3) is 11.2 Å². The summed E-state index contributed by atoms with van der Waals surface area (Å²) in [5.74, 6) is -1.70. The van der Waals surface area contributed by atoms with Crippen LogP contribution >= 0.6 is 7.60 Å². The molecule has 15 nitrogen and oxygen atoms in total. The summed E-state index contributed by atoms with van der Waals surface area (Å²) < 4.78 is 29.7. The molecule has 0 saturated carbocycles. The Bertz CT molecular complexity index is 1190. The minimum atomic E-state index is -4.88. The molecule has 5 atom stereocenters.